The maximum absolute atomic E-state index is 12.4. The molecule has 0 aromatic heterocycles. The molecule has 1 amide bonds. The molecule has 238 valence electrons. The monoisotopic (exact) mass is 570 g/mol. The summed E-state index contributed by atoms with van der Waals surface area (Å²) < 4.78 is 0. The number of allylic oxidation sites excluding steroid dienone is 2. The number of aliphatic hydroxyl groups is 4. The van der Waals surface area contributed by atoms with Crippen LogP contribution in [0.2, 0.25) is 0 Å². The van der Waals surface area contributed by atoms with E-state index in [0.717, 1.165) is 57.8 Å². The van der Waals surface area contributed by atoms with Gasteiger partial charge in [0.05, 0.1) is 18.8 Å². The molecule has 0 fully saturated rings. The lowest BCUT2D eigenvalue weighted by Gasteiger charge is -2.27. The lowest BCUT2D eigenvalue weighted by molar-refractivity contribution is -0.132. The highest BCUT2D eigenvalue weighted by atomic mass is 16.3. The highest BCUT2D eigenvalue weighted by Gasteiger charge is 2.28. The van der Waals surface area contributed by atoms with Crippen LogP contribution in [0.5, 0.6) is 0 Å². The van der Waals surface area contributed by atoms with E-state index in [0.29, 0.717) is 12.8 Å². The molecule has 0 saturated heterocycles. The summed E-state index contributed by atoms with van der Waals surface area (Å²) in [5, 5.41) is 43.3. The second-order valence-corrected chi connectivity index (χ2v) is 11.9. The van der Waals surface area contributed by atoms with Crippen LogP contribution in [0.4, 0.5) is 0 Å². The van der Waals surface area contributed by atoms with Crippen LogP contribution in [0, 0.1) is 0 Å². The maximum Gasteiger partial charge on any atom is 0.249 e. The first-order valence-electron chi connectivity index (χ1n) is 17.1. The molecule has 0 saturated carbocycles. The van der Waals surface area contributed by atoms with Gasteiger partial charge in [-0.1, -0.05) is 142 Å². The summed E-state index contributed by atoms with van der Waals surface area (Å²) in [6.07, 6.45) is 28.0. The average Bonchev–Trinajstić information content (AvgIpc) is 2.96. The lowest BCUT2D eigenvalue weighted by atomic mass is 9.99. The second-order valence-electron chi connectivity index (χ2n) is 11.9. The van der Waals surface area contributed by atoms with Crippen molar-refractivity contribution >= 4 is 5.91 Å². The van der Waals surface area contributed by atoms with Crippen LogP contribution in [0.3, 0.4) is 0 Å². The molecule has 0 aliphatic rings. The third-order valence-corrected chi connectivity index (χ3v) is 7.98. The van der Waals surface area contributed by atoms with E-state index >= 15 is 0 Å². The molecule has 0 rings (SSSR count). The number of amides is 1. The van der Waals surface area contributed by atoms with Crippen molar-refractivity contribution < 1.29 is 25.2 Å². The average molecular weight is 570 g/mol. The van der Waals surface area contributed by atoms with Gasteiger partial charge in [0.25, 0.3) is 0 Å². The third-order valence-electron chi connectivity index (χ3n) is 7.98. The molecule has 0 aliphatic heterocycles. The number of carbonyl (C=O) groups is 1. The molecule has 0 aliphatic carbocycles. The molecule has 4 atom stereocenters. The Labute approximate surface area is 247 Å². The number of nitrogens with one attached hydrogen (secondary N) is 1. The molecule has 4 unspecified atom stereocenters. The largest absolute Gasteiger partial charge is 0.394 e. The Balaban J connectivity index is 3.87. The third kappa shape index (κ3) is 23.7. The van der Waals surface area contributed by atoms with Crippen molar-refractivity contribution in [1.29, 1.82) is 0 Å². The molecule has 6 nitrogen and oxygen atoms in total. The number of hydrogen-bond donors (Lipinski definition) is 5. The van der Waals surface area contributed by atoms with Gasteiger partial charge in [0.1, 0.15) is 12.2 Å². The van der Waals surface area contributed by atoms with Gasteiger partial charge in [-0.25, -0.2) is 0 Å². The summed E-state index contributed by atoms with van der Waals surface area (Å²) in [4.78, 5) is 12.4. The van der Waals surface area contributed by atoms with E-state index in [2.05, 4.69) is 31.3 Å². The molecular weight excluding hydrogens is 502 g/mol. The van der Waals surface area contributed by atoms with E-state index in [9.17, 15) is 25.2 Å². The number of carbonyl (C=O) groups excluding carboxylic acids is 1. The van der Waals surface area contributed by atoms with E-state index < -0.39 is 36.9 Å². The van der Waals surface area contributed by atoms with Gasteiger partial charge in [-0.15, -0.1) is 0 Å². The zero-order chi connectivity index (χ0) is 29.7. The number of hydrogen-bond acceptors (Lipinski definition) is 5. The molecular formula is C34H67NO5. The zero-order valence-corrected chi connectivity index (χ0v) is 26.3. The molecule has 40 heavy (non-hydrogen) atoms. The Morgan fingerprint density at radius 1 is 0.600 bits per heavy atom. The SMILES string of the molecule is CCCCC/C=C\CCCCCCC(O)C(=O)NC(CO)C(O)C(O)CCCCCCCCCCCCCCC. The molecule has 0 radical (unpaired) electrons. The van der Waals surface area contributed by atoms with Crippen molar-refractivity contribution in [3.8, 4) is 0 Å². The van der Waals surface area contributed by atoms with Gasteiger partial charge < -0.3 is 25.7 Å². The van der Waals surface area contributed by atoms with Crippen molar-refractivity contribution in [2.75, 3.05) is 6.61 Å². The maximum atomic E-state index is 12.4. The van der Waals surface area contributed by atoms with Crippen molar-refractivity contribution in [2.24, 2.45) is 0 Å². The summed E-state index contributed by atoms with van der Waals surface area (Å²) in [6.45, 7) is 3.98. The highest BCUT2D eigenvalue weighted by Crippen LogP contribution is 2.15. The van der Waals surface area contributed by atoms with E-state index in [-0.39, 0.29) is 0 Å². The van der Waals surface area contributed by atoms with Crippen molar-refractivity contribution in [3.63, 3.8) is 0 Å². The Hall–Kier alpha value is -0.950. The Morgan fingerprint density at radius 2 is 1.00 bits per heavy atom. The molecule has 0 bridgehead atoms. The Kier molecular flexibility index (Phi) is 28.8. The van der Waals surface area contributed by atoms with Crippen LogP contribution in [0.15, 0.2) is 12.2 Å². The fourth-order valence-corrected chi connectivity index (χ4v) is 5.16. The summed E-state index contributed by atoms with van der Waals surface area (Å²) in [6, 6.07) is -0.983. The van der Waals surface area contributed by atoms with Gasteiger partial charge in [-0.3, -0.25) is 4.79 Å². The fraction of sp³-hybridized carbons (Fsp3) is 0.912. The van der Waals surface area contributed by atoms with Gasteiger partial charge in [-0.05, 0) is 38.5 Å². The van der Waals surface area contributed by atoms with Crippen molar-refractivity contribution in [3.05, 3.63) is 12.2 Å². The number of unbranched alkanes of at least 4 members (excludes halogenated alkanes) is 19. The van der Waals surface area contributed by atoms with E-state index in [1.165, 1.54) is 83.5 Å². The topological polar surface area (TPSA) is 110 Å². The first kappa shape index (κ1) is 39.0. The van der Waals surface area contributed by atoms with Gasteiger partial charge in [-0.2, -0.15) is 0 Å². The first-order chi connectivity index (χ1) is 19.5. The Morgan fingerprint density at radius 3 is 1.50 bits per heavy atom. The normalized spacial score (nSPS) is 14.8. The van der Waals surface area contributed by atoms with Gasteiger partial charge >= 0.3 is 0 Å². The summed E-state index contributed by atoms with van der Waals surface area (Å²) in [5.41, 5.74) is 0. The minimum Gasteiger partial charge on any atom is -0.394 e. The molecule has 6 heteroatoms. The van der Waals surface area contributed by atoms with E-state index in [4.69, 9.17) is 0 Å². The van der Waals surface area contributed by atoms with Gasteiger partial charge in [0.15, 0.2) is 0 Å². The van der Waals surface area contributed by atoms with Crippen LogP contribution in [-0.2, 0) is 4.79 Å². The van der Waals surface area contributed by atoms with Crippen LogP contribution in [0.1, 0.15) is 168 Å². The van der Waals surface area contributed by atoms with E-state index in [1.54, 1.807) is 0 Å². The molecule has 0 aromatic rings. The predicted molar refractivity (Wildman–Crippen MR) is 168 cm³/mol. The molecule has 0 heterocycles. The quantitative estimate of drug-likeness (QED) is 0.0454. The standard InChI is InChI=1S/C34H67NO5/c1-3-5-7-9-11-13-15-16-18-19-21-23-25-27-31(37)33(39)30(29-36)35-34(40)32(38)28-26-24-22-20-17-14-12-10-8-6-4-2/h12,14,30-33,36-39H,3-11,13,15-29H2,1-2H3,(H,35,40)/b14-12-. The summed E-state index contributed by atoms with van der Waals surface area (Å²) >= 11 is 0. The van der Waals surface area contributed by atoms with Crippen molar-refractivity contribution in [1.82, 2.24) is 5.32 Å². The minimum atomic E-state index is -1.26. The summed E-state index contributed by atoms with van der Waals surface area (Å²) in [7, 11) is 0. The molecule has 5 N–H and O–H groups in total. The second kappa shape index (κ2) is 29.5. The van der Waals surface area contributed by atoms with Gasteiger partial charge in [0, 0.05) is 0 Å². The minimum absolute atomic E-state index is 0.356. The zero-order valence-electron chi connectivity index (χ0n) is 26.3. The van der Waals surface area contributed by atoms with Crippen LogP contribution in [0.25, 0.3) is 0 Å². The lowest BCUT2D eigenvalue weighted by Crippen LogP contribution is -2.53. The van der Waals surface area contributed by atoms with Crippen LogP contribution < -0.4 is 5.32 Å². The fourth-order valence-electron chi connectivity index (χ4n) is 5.16. The van der Waals surface area contributed by atoms with Crippen LogP contribution >= 0.6 is 0 Å². The number of rotatable bonds is 30. The van der Waals surface area contributed by atoms with Crippen LogP contribution in [-0.4, -0.2) is 57.3 Å². The highest BCUT2D eigenvalue weighted by molar-refractivity contribution is 5.80. The smallest absolute Gasteiger partial charge is 0.249 e. The number of aliphatic hydroxyl groups excluding tert-OH is 4. The first-order valence-corrected chi connectivity index (χ1v) is 17.1. The molecule has 0 aromatic carbocycles. The van der Waals surface area contributed by atoms with Gasteiger partial charge in [0.2, 0.25) is 5.91 Å². The van der Waals surface area contributed by atoms with E-state index in [1.807, 2.05) is 0 Å². The predicted octanol–water partition coefficient (Wildman–Crippen LogP) is 7.50. The molecule has 0 spiro atoms. The summed E-state index contributed by atoms with van der Waals surface area (Å²) in [5.74, 6) is -0.596. The Bertz CT molecular complexity index is 571. The van der Waals surface area contributed by atoms with Crippen molar-refractivity contribution in [2.45, 2.75) is 192 Å².